The number of aromatic carboxylic acids is 1. The van der Waals surface area contributed by atoms with E-state index in [4.69, 9.17) is 5.11 Å². The van der Waals surface area contributed by atoms with Gasteiger partial charge in [-0.25, -0.2) is 4.79 Å². The summed E-state index contributed by atoms with van der Waals surface area (Å²) in [6.07, 6.45) is 1.57. The molecular weight excluding hydrogens is 384 g/mol. The quantitative estimate of drug-likeness (QED) is 0.662. The molecule has 0 aliphatic carbocycles. The zero-order chi connectivity index (χ0) is 20.3. The molecule has 1 aliphatic heterocycles. The highest BCUT2D eigenvalue weighted by Gasteiger charge is 2.36. The van der Waals surface area contributed by atoms with Crippen LogP contribution >= 0.6 is 11.8 Å². The Hall–Kier alpha value is -3.59. The summed E-state index contributed by atoms with van der Waals surface area (Å²) in [7, 11) is 0. The first-order chi connectivity index (χ1) is 13.3. The number of thioether (sulfide) groups is 1. The molecule has 28 heavy (non-hydrogen) atoms. The van der Waals surface area contributed by atoms with Crippen molar-refractivity contribution in [1.82, 2.24) is 4.90 Å². The lowest BCUT2D eigenvalue weighted by Crippen LogP contribution is -2.36. The third-order valence-corrected chi connectivity index (χ3v) is 4.69. The number of carbonyl (C=O) groups is 4. The first-order valence-electron chi connectivity index (χ1n) is 8.02. The number of amides is 3. The maximum absolute atomic E-state index is 12.4. The molecule has 2 aromatic rings. The number of phenols is 1. The number of hydrogen-bond donors (Lipinski definition) is 3. The number of nitrogens with one attached hydrogen (secondary N) is 1. The Balaban J connectivity index is 1.68. The van der Waals surface area contributed by atoms with Crippen LogP contribution in [0.3, 0.4) is 0 Å². The number of rotatable bonds is 5. The Morgan fingerprint density at radius 1 is 1.11 bits per heavy atom. The second-order valence-corrected chi connectivity index (χ2v) is 6.76. The number of imide groups is 1. The fourth-order valence-electron chi connectivity index (χ4n) is 2.47. The van der Waals surface area contributed by atoms with Crippen LogP contribution in [0.1, 0.15) is 15.9 Å². The Labute approximate surface area is 163 Å². The van der Waals surface area contributed by atoms with Gasteiger partial charge in [-0.2, -0.15) is 0 Å². The fourth-order valence-corrected chi connectivity index (χ4v) is 3.31. The molecule has 0 unspecified atom stereocenters. The topological polar surface area (TPSA) is 124 Å². The van der Waals surface area contributed by atoms with E-state index in [9.17, 15) is 24.3 Å². The van der Waals surface area contributed by atoms with Crippen molar-refractivity contribution in [2.45, 2.75) is 0 Å². The minimum absolute atomic E-state index is 0.138. The van der Waals surface area contributed by atoms with Gasteiger partial charge in [-0.15, -0.1) is 0 Å². The largest absolute Gasteiger partial charge is 0.507 e. The second kappa shape index (κ2) is 7.97. The van der Waals surface area contributed by atoms with E-state index in [1.54, 1.807) is 30.3 Å². The van der Waals surface area contributed by atoms with Crippen LogP contribution in [0.15, 0.2) is 53.4 Å². The molecule has 1 aliphatic rings. The smallest absolute Gasteiger partial charge is 0.339 e. The van der Waals surface area contributed by atoms with Crippen molar-refractivity contribution in [3.05, 3.63) is 64.6 Å². The molecule has 2 aromatic carbocycles. The number of anilines is 1. The monoisotopic (exact) mass is 398 g/mol. The summed E-state index contributed by atoms with van der Waals surface area (Å²) in [5, 5.41) is 20.4. The maximum Gasteiger partial charge on any atom is 0.339 e. The molecule has 3 rings (SSSR count). The van der Waals surface area contributed by atoms with Gasteiger partial charge < -0.3 is 15.5 Å². The van der Waals surface area contributed by atoms with E-state index in [1.165, 1.54) is 6.07 Å². The van der Waals surface area contributed by atoms with E-state index in [-0.39, 0.29) is 16.2 Å². The molecule has 0 bridgehead atoms. The van der Waals surface area contributed by atoms with Gasteiger partial charge in [0.2, 0.25) is 5.91 Å². The van der Waals surface area contributed by atoms with Gasteiger partial charge in [0.05, 0.1) is 4.91 Å². The highest BCUT2D eigenvalue weighted by molar-refractivity contribution is 8.18. The minimum Gasteiger partial charge on any atom is -0.507 e. The van der Waals surface area contributed by atoms with E-state index in [0.29, 0.717) is 0 Å². The molecule has 142 valence electrons. The first kappa shape index (κ1) is 19.2. The normalized spacial score (nSPS) is 15.1. The van der Waals surface area contributed by atoms with Crippen molar-refractivity contribution in [2.24, 2.45) is 0 Å². The lowest BCUT2D eigenvalue weighted by Gasteiger charge is -2.13. The van der Waals surface area contributed by atoms with Crippen LogP contribution in [0.2, 0.25) is 0 Å². The third kappa shape index (κ3) is 4.21. The van der Waals surface area contributed by atoms with E-state index in [1.807, 2.05) is 6.07 Å². The van der Waals surface area contributed by atoms with Crippen LogP contribution in [-0.4, -0.2) is 44.7 Å². The van der Waals surface area contributed by atoms with Crippen molar-refractivity contribution in [3.8, 4) is 5.75 Å². The Morgan fingerprint density at radius 2 is 1.82 bits per heavy atom. The molecule has 3 amide bonds. The van der Waals surface area contributed by atoms with Crippen molar-refractivity contribution in [3.63, 3.8) is 0 Å². The van der Waals surface area contributed by atoms with Gasteiger partial charge in [0.15, 0.2) is 0 Å². The van der Waals surface area contributed by atoms with Gasteiger partial charge in [0.25, 0.3) is 11.1 Å². The number of benzene rings is 2. The zero-order valence-corrected chi connectivity index (χ0v) is 15.1. The van der Waals surface area contributed by atoms with E-state index in [0.717, 1.165) is 34.4 Å². The van der Waals surface area contributed by atoms with E-state index < -0.39 is 35.3 Å². The Bertz CT molecular complexity index is 1000. The van der Waals surface area contributed by atoms with Gasteiger partial charge in [-0.05, 0) is 35.5 Å². The summed E-state index contributed by atoms with van der Waals surface area (Å²) in [6, 6.07) is 12.5. The SMILES string of the molecule is O=C(CN1C(=O)SC(=Cc2ccccc2)C1=O)Nc1ccc(C(=O)O)c(O)c1. The van der Waals surface area contributed by atoms with Crippen LogP contribution in [-0.2, 0) is 9.59 Å². The fraction of sp³-hybridized carbons (Fsp3) is 0.0526. The number of carbonyl (C=O) groups excluding carboxylic acids is 3. The van der Waals surface area contributed by atoms with Gasteiger partial charge >= 0.3 is 5.97 Å². The van der Waals surface area contributed by atoms with E-state index >= 15 is 0 Å². The van der Waals surface area contributed by atoms with Gasteiger partial charge in [-0.1, -0.05) is 30.3 Å². The minimum atomic E-state index is -1.31. The summed E-state index contributed by atoms with van der Waals surface area (Å²) in [5.74, 6) is -3.05. The zero-order valence-electron chi connectivity index (χ0n) is 14.3. The van der Waals surface area contributed by atoms with Crippen molar-refractivity contribution in [2.75, 3.05) is 11.9 Å². The lowest BCUT2D eigenvalue weighted by molar-refractivity contribution is -0.127. The number of carboxylic acids is 1. The molecule has 0 atom stereocenters. The van der Waals surface area contributed by atoms with Crippen LogP contribution in [0.4, 0.5) is 10.5 Å². The van der Waals surface area contributed by atoms with Crippen LogP contribution < -0.4 is 5.32 Å². The summed E-state index contributed by atoms with van der Waals surface area (Å²) in [5.41, 5.74) is 0.584. The van der Waals surface area contributed by atoms with Crippen LogP contribution in [0.25, 0.3) is 6.08 Å². The molecule has 1 saturated heterocycles. The second-order valence-electron chi connectivity index (χ2n) is 5.76. The van der Waals surface area contributed by atoms with Crippen LogP contribution in [0.5, 0.6) is 5.75 Å². The molecule has 1 fully saturated rings. The highest BCUT2D eigenvalue weighted by atomic mass is 32.2. The van der Waals surface area contributed by atoms with Crippen molar-refractivity contribution >= 4 is 46.5 Å². The predicted molar refractivity (Wildman–Crippen MR) is 103 cm³/mol. The molecular formula is C19H14N2O6S. The molecule has 3 N–H and O–H groups in total. The maximum atomic E-state index is 12.4. The summed E-state index contributed by atoms with van der Waals surface area (Å²) < 4.78 is 0. The molecule has 0 saturated carbocycles. The standard InChI is InChI=1S/C19H14N2O6S/c22-14-9-12(6-7-13(14)18(25)26)20-16(23)10-21-17(24)15(28-19(21)27)8-11-4-2-1-3-5-11/h1-9,22H,10H2,(H,20,23)(H,25,26). The molecule has 0 radical (unpaired) electrons. The summed E-state index contributed by atoms with van der Waals surface area (Å²) >= 11 is 0.746. The number of nitrogens with zero attached hydrogens (tertiary/aromatic N) is 1. The first-order valence-corrected chi connectivity index (χ1v) is 8.83. The molecule has 1 heterocycles. The van der Waals surface area contributed by atoms with Crippen molar-refractivity contribution in [1.29, 1.82) is 0 Å². The molecule has 0 aromatic heterocycles. The number of hydrogen-bond acceptors (Lipinski definition) is 6. The average molecular weight is 398 g/mol. The number of carboxylic acid groups (broad SMARTS) is 1. The molecule has 8 nitrogen and oxygen atoms in total. The van der Waals surface area contributed by atoms with E-state index in [2.05, 4.69) is 5.32 Å². The Morgan fingerprint density at radius 3 is 2.46 bits per heavy atom. The molecule has 0 spiro atoms. The van der Waals surface area contributed by atoms with Gasteiger partial charge in [0.1, 0.15) is 17.9 Å². The summed E-state index contributed by atoms with van der Waals surface area (Å²) in [4.78, 5) is 48.6. The summed E-state index contributed by atoms with van der Waals surface area (Å²) in [6.45, 7) is -0.502. The molecule has 9 heteroatoms. The van der Waals surface area contributed by atoms with Gasteiger partial charge in [-0.3, -0.25) is 19.3 Å². The lowest BCUT2D eigenvalue weighted by atomic mass is 10.2. The average Bonchev–Trinajstić information content (AvgIpc) is 2.89. The number of aromatic hydroxyl groups is 1. The third-order valence-electron chi connectivity index (χ3n) is 3.78. The highest BCUT2D eigenvalue weighted by Crippen LogP contribution is 2.32. The van der Waals surface area contributed by atoms with Crippen LogP contribution in [0, 0.1) is 0 Å². The van der Waals surface area contributed by atoms with Crippen molar-refractivity contribution < 1.29 is 29.4 Å². The van der Waals surface area contributed by atoms with Gasteiger partial charge in [0, 0.05) is 11.8 Å². The Kier molecular flexibility index (Phi) is 5.46. The predicted octanol–water partition coefficient (Wildman–Crippen LogP) is 2.77.